The van der Waals surface area contributed by atoms with Crippen molar-refractivity contribution in [1.82, 2.24) is 4.90 Å². The molecule has 0 unspecified atom stereocenters. The molecule has 1 aromatic rings. The summed E-state index contributed by atoms with van der Waals surface area (Å²) in [6.07, 6.45) is 0. The number of carboxylic acids is 1. The van der Waals surface area contributed by atoms with Crippen LogP contribution in [0.15, 0.2) is 24.3 Å². The Morgan fingerprint density at radius 1 is 1.29 bits per heavy atom. The van der Waals surface area contributed by atoms with E-state index in [2.05, 4.69) is 0 Å². The van der Waals surface area contributed by atoms with Gasteiger partial charge in [-0.3, -0.25) is 9.59 Å². The van der Waals surface area contributed by atoms with Gasteiger partial charge in [-0.15, -0.1) is 0 Å². The van der Waals surface area contributed by atoms with Crippen molar-refractivity contribution in [3.63, 3.8) is 0 Å². The van der Waals surface area contributed by atoms with Crippen molar-refractivity contribution in [2.45, 2.75) is 0 Å². The molecular weight excluding hydrogens is 222 g/mol. The van der Waals surface area contributed by atoms with E-state index < -0.39 is 11.9 Å². The van der Waals surface area contributed by atoms with E-state index in [0.29, 0.717) is 24.4 Å². The number of methoxy groups -OCH3 is 1. The fraction of sp³-hybridized carbons (Fsp3) is 0.333. The smallest absolute Gasteiger partial charge is 0.310 e. The molecule has 0 atom stereocenters. The van der Waals surface area contributed by atoms with Crippen LogP contribution in [-0.4, -0.2) is 42.1 Å². The Labute approximate surface area is 98.6 Å². The van der Waals surface area contributed by atoms with E-state index in [1.807, 2.05) is 0 Å². The minimum atomic E-state index is -0.844. The van der Waals surface area contributed by atoms with Crippen LogP contribution < -0.4 is 4.74 Å². The van der Waals surface area contributed by atoms with Gasteiger partial charge in [-0.25, -0.2) is 0 Å². The first kappa shape index (κ1) is 11.4. The SMILES string of the molecule is COc1ccc(C(=O)N2CC(C(=O)O)C2)cc1. The van der Waals surface area contributed by atoms with E-state index in [-0.39, 0.29) is 5.91 Å². The molecule has 1 amide bonds. The summed E-state index contributed by atoms with van der Waals surface area (Å²) in [6, 6.07) is 6.77. The summed E-state index contributed by atoms with van der Waals surface area (Å²) in [7, 11) is 1.56. The maximum Gasteiger partial charge on any atom is 0.310 e. The molecule has 1 aliphatic heterocycles. The van der Waals surface area contributed by atoms with E-state index in [1.165, 1.54) is 4.90 Å². The van der Waals surface area contributed by atoms with Crippen molar-refractivity contribution < 1.29 is 19.4 Å². The Bertz CT molecular complexity index is 434. The minimum absolute atomic E-state index is 0.134. The van der Waals surface area contributed by atoms with E-state index in [1.54, 1.807) is 31.4 Å². The zero-order valence-corrected chi connectivity index (χ0v) is 9.42. The van der Waals surface area contributed by atoms with Gasteiger partial charge in [0.15, 0.2) is 0 Å². The van der Waals surface area contributed by atoms with Crippen LogP contribution in [0.25, 0.3) is 0 Å². The molecule has 0 saturated carbocycles. The fourth-order valence-electron chi connectivity index (χ4n) is 1.72. The molecule has 2 rings (SSSR count). The van der Waals surface area contributed by atoms with Gasteiger partial charge < -0.3 is 14.7 Å². The lowest BCUT2D eigenvalue weighted by atomic mass is 9.99. The Hall–Kier alpha value is -2.04. The van der Waals surface area contributed by atoms with Crippen molar-refractivity contribution in [2.75, 3.05) is 20.2 Å². The lowest BCUT2D eigenvalue weighted by Gasteiger charge is -2.36. The van der Waals surface area contributed by atoms with Crippen LogP contribution in [0.1, 0.15) is 10.4 Å². The second-order valence-electron chi connectivity index (χ2n) is 3.97. The number of benzene rings is 1. The van der Waals surface area contributed by atoms with E-state index in [0.717, 1.165) is 0 Å². The van der Waals surface area contributed by atoms with E-state index >= 15 is 0 Å². The molecule has 0 aliphatic carbocycles. The van der Waals surface area contributed by atoms with Crippen molar-refractivity contribution in [1.29, 1.82) is 0 Å². The van der Waals surface area contributed by atoms with Gasteiger partial charge in [0.2, 0.25) is 0 Å². The van der Waals surface area contributed by atoms with Crippen molar-refractivity contribution in [2.24, 2.45) is 5.92 Å². The zero-order chi connectivity index (χ0) is 12.4. The molecule has 1 aliphatic rings. The number of likely N-dealkylation sites (tertiary alicyclic amines) is 1. The van der Waals surface area contributed by atoms with Gasteiger partial charge in [-0.05, 0) is 24.3 Å². The Morgan fingerprint density at radius 3 is 2.35 bits per heavy atom. The van der Waals surface area contributed by atoms with Gasteiger partial charge in [0, 0.05) is 18.7 Å². The quantitative estimate of drug-likeness (QED) is 0.843. The van der Waals surface area contributed by atoms with Crippen LogP contribution >= 0.6 is 0 Å². The van der Waals surface area contributed by atoms with Gasteiger partial charge in [-0.1, -0.05) is 0 Å². The highest BCUT2D eigenvalue weighted by Crippen LogP contribution is 2.20. The molecule has 1 fully saturated rings. The monoisotopic (exact) mass is 235 g/mol. The molecule has 0 bridgehead atoms. The number of hydrogen-bond donors (Lipinski definition) is 1. The fourth-order valence-corrected chi connectivity index (χ4v) is 1.72. The molecule has 5 heteroatoms. The molecule has 0 spiro atoms. The van der Waals surface area contributed by atoms with Crippen LogP contribution in [0.3, 0.4) is 0 Å². The Balaban J connectivity index is 1.99. The average Bonchev–Trinajstić information content (AvgIpc) is 2.26. The summed E-state index contributed by atoms with van der Waals surface area (Å²) in [5.74, 6) is -0.709. The van der Waals surface area contributed by atoms with Crippen LogP contribution in [0, 0.1) is 5.92 Å². The van der Waals surface area contributed by atoms with Gasteiger partial charge >= 0.3 is 5.97 Å². The highest BCUT2D eigenvalue weighted by atomic mass is 16.5. The largest absolute Gasteiger partial charge is 0.497 e. The summed E-state index contributed by atoms with van der Waals surface area (Å²) in [5, 5.41) is 8.72. The number of carbonyl (C=O) groups excluding carboxylic acids is 1. The second kappa shape index (κ2) is 4.45. The van der Waals surface area contributed by atoms with Crippen molar-refractivity contribution in [3.8, 4) is 5.75 Å². The summed E-state index contributed by atoms with van der Waals surface area (Å²) >= 11 is 0. The van der Waals surface area contributed by atoms with Gasteiger partial charge in [0.05, 0.1) is 13.0 Å². The van der Waals surface area contributed by atoms with Gasteiger partial charge in [0.1, 0.15) is 5.75 Å². The number of nitrogens with zero attached hydrogens (tertiary/aromatic N) is 1. The molecule has 0 aromatic heterocycles. The normalized spacial score (nSPS) is 15.2. The summed E-state index contributed by atoms with van der Waals surface area (Å²) < 4.78 is 5.00. The third-order valence-corrected chi connectivity index (χ3v) is 2.85. The predicted molar refractivity (Wildman–Crippen MR) is 60.0 cm³/mol. The van der Waals surface area contributed by atoms with Crippen molar-refractivity contribution in [3.05, 3.63) is 29.8 Å². The van der Waals surface area contributed by atoms with Gasteiger partial charge in [0.25, 0.3) is 5.91 Å². The van der Waals surface area contributed by atoms with Crippen LogP contribution in [-0.2, 0) is 4.79 Å². The number of hydrogen-bond acceptors (Lipinski definition) is 3. The highest BCUT2D eigenvalue weighted by molar-refractivity contribution is 5.95. The Kier molecular flexibility index (Phi) is 2.99. The second-order valence-corrected chi connectivity index (χ2v) is 3.97. The molecule has 90 valence electrons. The van der Waals surface area contributed by atoms with Crippen LogP contribution in [0.5, 0.6) is 5.75 Å². The van der Waals surface area contributed by atoms with Crippen LogP contribution in [0.4, 0.5) is 0 Å². The first-order valence-electron chi connectivity index (χ1n) is 5.28. The third kappa shape index (κ3) is 2.22. The average molecular weight is 235 g/mol. The molecule has 17 heavy (non-hydrogen) atoms. The topological polar surface area (TPSA) is 66.8 Å². The van der Waals surface area contributed by atoms with E-state index in [9.17, 15) is 9.59 Å². The number of carboxylic acid groups (broad SMARTS) is 1. The Morgan fingerprint density at radius 2 is 1.88 bits per heavy atom. The first-order chi connectivity index (χ1) is 8.11. The third-order valence-electron chi connectivity index (χ3n) is 2.85. The minimum Gasteiger partial charge on any atom is -0.497 e. The number of ether oxygens (including phenoxy) is 1. The van der Waals surface area contributed by atoms with Gasteiger partial charge in [-0.2, -0.15) is 0 Å². The maximum atomic E-state index is 11.9. The summed E-state index contributed by atoms with van der Waals surface area (Å²) in [5.41, 5.74) is 0.551. The van der Waals surface area contributed by atoms with Crippen LogP contribution in [0.2, 0.25) is 0 Å². The highest BCUT2D eigenvalue weighted by Gasteiger charge is 2.35. The number of carbonyl (C=O) groups is 2. The first-order valence-corrected chi connectivity index (χ1v) is 5.28. The molecule has 1 saturated heterocycles. The predicted octanol–water partition coefficient (Wildman–Crippen LogP) is 0.852. The molecule has 1 N–H and O–H groups in total. The summed E-state index contributed by atoms with van der Waals surface area (Å²) in [4.78, 5) is 24.0. The summed E-state index contributed by atoms with van der Waals surface area (Å²) in [6.45, 7) is 0.584. The standard InChI is InChI=1S/C12H13NO4/c1-17-10-4-2-8(3-5-10)11(14)13-6-9(7-13)12(15)16/h2-5,9H,6-7H2,1H3,(H,15,16). The van der Waals surface area contributed by atoms with Crippen molar-refractivity contribution >= 4 is 11.9 Å². The molecule has 5 nitrogen and oxygen atoms in total. The molecular formula is C12H13NO4. The van der Waals surface area contributed by atoms with E-state index in [4.69, 9.17) is 9.84 Å². The molecule has 1 heterocycles. The number of rotatable bonds is 3. The maximum absolute atomic E-state index is 11.9. The number of aliphatic carboxylic acids is 1. The molecule has 0 radical (unpaired) electrons. The lowest BCUT2D eigenvalue weighted by Crippen LogP contribution is -2.53. The molecule has 1 aromatic carbocycles. The lowest BCUT2D eigenvalue weighted by molar-refractivity contribution is -0.146. The number of amides is 1. The zero-order valence-electron chi connectivity index (χ0n) is 9.42.